The molecular formula is C9H16N4O2S. The Balaban J connectivity index is 1.81. The van der Waals surface area contributed by atoms with Crippen LogP contribution in [0.4, 0.5) is 0 Å². The highest BCUT2D eigenvalue weighted by atomic mass is 32.2. The van der Waals surface area contributed by atoms with Crippen LogP contribution in [0.5, 0.6) is 0 Å². The van der Waals surface area contributed by atoms with E-state index in [1.165, 1.54) is 25.4 Å². The first kappa shape index (κ1) is 11.6. The van der Waals surface area contributed by atoms with Crippen LogP contribution >= 0.6 is 0 Å². The largest absolute Gasteiger partial charge is 0.335 e. The maximum atomic E-state index is 11.7. The van der Waals surface area contributed by atoms with E-state index in [2.05, 4.69) is 19.6 Å². The fraction of sp³-hybridized carbons (Fsp3) is 0.667. The second-order valence-electron chi connectivity index (χ2n) is 3.86. The van der Waals surface area contributed by atoms with Gasteiger partial charge in [-0.1, -0.05) is 0 Å². The lowest BCUT2D eigenvalue weighted by Gasteiger charge is -2.14. The Hall–Kier alpha value is -0.920. The predicted molar refractivity (Wildman–Crippen MR) is 59.5 cm³/mol. The molecule has 1 saturated heterocycles. The fourth-order valence-corrected chi connectivity index (χ4v) is 2.74. The van der Waals surface area contributed by atoms with Gasteiger partial charge in [0.05, 0.1) is 12.5 Å². The Kier molecular flexibility index (Phi) is 3.57. The van der Waals surface area contributed by atoms with E-state index in [4.69, 9.17) is 0 Å². The molecule has 16 heavy (non-hydrogen) atoms. The monoisotopic (exact) mass is 244 g/mol. The average Bonchev–Trinajstić information content (AvgIpc) is 2.90. The minimum Gasteiger partial charge on any atom is -0.335 e. The topological polar surface area (TPSA) is 78.1 Å². The zero-order chi connectivity index (χ0) is 11.4. The van der Waals surface area contributed by atoms with E-state index in [0.717, 1.165) is 19.6 Å². The lowest BCUT2D eigenvalue weighted by molar-refractivity contribution is 0.344. The fourth-order valence-electron chi connectivity index (χ4n) is 1.81. The maximum absolute atomic E-state index is 11.7. The molecule has 0 atom stereocenters. The molecule has 1 fully saturated rings. The Bertz CT molecular complexity index is 409. The van der Waals surface area contributed by atoms with Crippen LogP contribution in [0, 0.1) is 0 Å². The van der Waals surface area contributed by atoms with E-state index in [1.807, 2.05) is 0 Å². The van der Waals surface area contributed by atoms with Crippen molar-refractivity contribution in [2.45, 2.75) is 17.9 Å². The summed E-state index contributed by atoms with van der Waals surface area (Å²) in [6.07, 6.45) is 5.09. The van der Waals surface area contributed by atoms with Crippen molar-refractivity contribution in [3.63, 3.8) is 0 Å². The summed E-state index contributed by atoms with van der Waals surface area (Å²) in [6.45, 7) is 3.37. The van der Waals surface area contributed by atoms with E-state index in [-0.39, 0.29) is 5.03 Å². The first-order valence-electron chi connectivity index (χ1n) is 5.39. The SMILES string of the molecule is O=S(=O)(NCCN1CCCC1)c1cnc[nH]1. The predicted octanol–water partition coefficient (Wildman–Crippen LogP) is -0.216. The summed E-state index contributed by atoms with van der Waals surface area (Å²) in [5, 5.41) is 0.119. The van der Waals surface area contributed by atoms with Crippen LogP contribution < -0.4 is 4.72 Å². The zero-order valence-electron chi connectivity index (χ0n) is 9.02. The van der Waals surface area contributed by atoms with Crippen molar-refractivity contribution >= 4 is 10.0 Å². The summed E-state index contributed by atoms with van der Waals surface area (Å²) >= 11 is 0. The maximum Gasteiger partial charge on any atom is 0.257 e. The number of imidazole rings is 1. The van der Waals surface area contributed by atoms with Crippen LogP contribution in [0.3, 0.4) is 0 Å². The van der Waals surface area contributed by atoms with E-state index in [0.29, 0.717) is 6.54 Å². The van der Waals surface area contributed by atoms with Crippen LogP contribution in [0.1, 0.15) is 12.8 Å². The molecule has 0 unspecified atom stereocenters. The molecule has 0 spiro atoms. The molecule has 0 saturated carbocycles. The zero-order valence-corrected chi connectivity index (χ0v) is 9.83. The third-order valence-corrected chi connectivity index (χ3v) is 4.07. The molecule has 1 aliphatic rings. The molecule has 90 valence electrons. The number of nitrogens with one attached hydrogen (secondary N) is 2. The van der Waals surface area contributed by atoms with E-state index < -0.39 is 10.0 Å². The summed E-state index contributed by atoms with van der Waals surface area (Å²) in [5.74, 6) is 0. The van der Waals surface area contributed by atoms with Gasteiger partial charge in [0.1, 0.15) is 0 Å². The second kappa shape index (κ2) is 4.94. The van der Waals surface area contributed by atoms with Gasteiger partial charge in [-0.05, 0) is 25.9 Å². The quantitative estimate of drug-likeness (QED) is 0.751. The van der Waals surface area contributed by atoms with Gasteiger partial charge in [-0.2, -0.15) is 0 Å². The van der Waals surface area contributed by atoms with Gasteiger partial charge >= 0.3 is 0 Å². The molecule has 1 aromatic rings. The Labute approximate surface area is 95.1 Å². The second-order valence-corrected chi connectivity index (χ2v) is 5.60. The van der Waals surface area contributed by atoms with Gasteiger partial charge in [0.15, 0.2) is 5.03 Å². The first-order chi connectivity index (χ1) is 7.68. The summed E-state index contributed by atoms with van der Waals surface area (Å²) in [5.41, 5.74) is 0. The van der Waals surface area contributed by atoms with Crippen LogP contribution in [-0.2, 0) is 10.0 Å². The van der Waals surface area contributed by atoms with Crippen molar-refractivity contribution in [2.75, 3.05) is 26.2 Å². The minimum atomic E-state index is -3.40. The molecule has 0 aromatic carbocycles. The third-order valence-electron chi connectivity index (χ3n) is 2.68. The van der Waals surface area contributed by atoms with Crippen molar-refractivity contribution in [3.8, 4) is 0 Å². The summed E-state index contributed by atoms with van der Waals surface area (Å²) in [7, 11) is -3.40. The molecule has 0 amide bonds. The van der Waals surface area contributed by atoms with Crippen LogP contribution in [0.15, 0.2) is 17.6 Å². The summed E-state index contributed by atoms with van der Waals surface area (Å²) in [6, 6.07) is 0. The Morgan fingerprint density at radius 1 is 1.44 bits per heavy atom. The van der Waals surface area contributed by atoms with Gasteiger partial charge < -0.3 is 9.88 Å². The summed E-state index contributed by atoms with van der Waals surface area (Å²) < 4.78 is 25.9. The number of likely N-dealkylation sites (tertiary alicyclic amines) is 1. The molecule has 0 aliphatic carbocycles. The van der Waals surface area contributed by atoms with Gasteiger partial charge in [-0.25, -0.2) is 18.1 Å². The van der Waals surface area contributed by atoms with Crippen LogP contribution in [-0.4, -0.2) is 49.5 Å². The molecule has 2 heterocycles. The van der Waals surface area contributed by atoms with Crippen LogP contribution in [0.25, 0.3) is 0 Å². The lowest BCUT2D eigenvalue weighted by atomic mass is 10.4. The smallest absolute Gasteiger partial charge is 0.257 e. The number of hydrogen-bond acceptors (Lipinski definition) is 4. The summed E-state index contributed by atoms with van der Waals surface area (Å²) in [4.78, 5) is 8.53. The molecule has 1 aromatic heterocycles. The lowest BCUT2D eigenvalue weighted by Crippen LogP contribution is -2.33. The number of H-pyrrole nitrogens is 1. The van der Waals surface area contributed by atoms with Gasteiger partial charge in [0, 0.05) is 13.1 Å². The number of hydrogen-bond donors (Lipinski definition) is 2. The number of rotatable bonds is 5. The highest BCUT2D eigenvalue weighted by Crippen LogP contribution is 2.06. The van der Waals surface area contributed by atoms with Crippen molar-refractivity contribution in [3.05, 3.63) is 12.5 Å². The molecule has 0 radical (unpaired) electrons. The van der Waals surface area contributed by atoms with E-state index >= 15 is 0 Å². The van der Waals surface area contributed by atoms with E-state index in [1.54, 1.807) is 0 Å². The van der Waals surface area contributed by atoms with E-state index in [9.17, 15) is 8.42 Å². The van der Waals surface area contributed by atoms with Gasteiger partial charge in [0.25, 0.3) is 10.0 Å². The molecule has 6 nitrogen and oxygen atoms in total. The number of sulfonamides is 1. The number of aromatic nitrogens is 2. The first-order valence-corrected chi connectivity index (χ1v) is 6.87. The molecule has 1 aliphatic heterocycles. The van der Waals surface area contributed by atoms with Crippen molar-refractivity contribution in [1.29, 1.82) is 0 Å². The minimum absolute atomic E-state index is 0.119. The molecule has 7 heteroatoms. The Morgan fingerprint density at radius 2 is 2.19 bits per heavy atom. The highest BCUT2D eigenvalue weighted by molar-refractivity contribution is 7.89. The number of nitrogens with zero attached hydrogens (tertiary/aromatic N) is 2. The van der Waals surface area contributed by atoms with Crippen molar-refractivity contribution in [2.24, 2.45) is 0 Å². The average molecular weight is 244 g/mol. The van der Waals surface area contributed by atoms with Crippen LogP contribution in [0.2, 0.25) is 0 Å². The number of aromatic amines is 1. The molecular weight excluding hydrogens is 228 g/mol. The van der Waals surface area contributed by atoms with Gasteiger partial charge in [-0.15, -0.1) is 0 Å². The van der Waals surface area contributed by atoms with Crippen molar-refractivity contribution in [1.82, 2.24) is 19.6 Å². The normalized spacial score (nSPS) is 18.0. The van der Waals surface area contributed by atoms with Gasteiger partial charge in [0.2, 0.25) is 0 Å². The molecule has 2 rings (SSSR count). The Morgan fingerprint density at radius 3 is 2.81 bits per heavy atom. The highest BCUT2D eigenvalue weighted by Gasteiger charge is 2.16. The molecule has 2 N–H and O–H groups in total. The van der Waals surface area contributed by atoms with Gasteiger partial charge in [-0.3, -0.25) is 0 Å². The standard InChI is InChI=1S/C9H16N4O2S/c14-16(15,9-7-10-8-11-9)12-3-6-13-4-1-2-5-13/h7-8,12H,1-6H2,(H,10,11). The van der Waals surface area contributed by atoms with Crippen molar-refractivity contribution < 1.29 is 8.42 Å². The third kappa shape index (κ3) is 2.81. The molecule has 0 bridgehead atoms.